The second kappa shape index (κ2) is 4.05. The average molecular weight is 156 g/mol. The highest BCUT2D eigenvalue weighted by molar-refractivity contribution is 4.94. The van der Waals surface area contributed by atoms with E-state index in [4.69, 9.17) is 10.8 Å². The fourth-order valence-corrected chi connectivity index (χ4v) is 0.903. The van der Waals surface area contributed by atoms with Crippen molar-refractivity contribution in [3.8, 4) is 0 Å². The predicted molar refractivity (Wildman–Crippen MR) is 39.9 cm³/mol. The highest BCUT2D eigenvalue weighted by Crippen LogP contribution is 1.95. The summed E-state index contributed by atoms with van der Waals surface area (Å²) in [6, 6.07) is 0. The highest BCUT2D eigenvalue weighted by atomic mass is 16.3. The zero-order valence-electron chi connectivity index (χ0n) is 6.27. The molecule has 1 aromatic heterocycles. The molecule has 0 saturated heterocycles. The minimum absolute atomic E-state index is 0.0843. The second-order valence-electron chi connectivity index (χ2n) is 2.21. The van der Waals surface area contributed by atoms with Gasteiger partial charge in [-0.05, 0) is 6.54 Å². The molecule has 0 aromatic carbocycles. The van der Waals surface area contributed by atoms with Gasteiger partial charge >= 0.3 is 0 Å². The minimum atomic E-state index is 0.0843. The van der Waals surface area contributed by atoms with Gasteiger partial charge in [0.25, 0.3) is 0 Å². The third-order valence-corrected chi connectivity index (χ3v) is 1.41. The lowest BCUT2D eigenvalue weighted by Gasteiger charge is -2.00. The van der Waals surface area contributed by atoms with E-state index in [1.54, 1.807) is 10.9 Å². The first-order valence-electron chi connectivity index (χ1n) is 3.56. The maximum Gasteiger partial charge on any atom is 0.0725 e. The normalized spacial score (nSPS) is 10.4. The Bertz CT molecular complexity index is 190. The molecule has 0 atom stereocenters. The van der Waals surface area contributed by atoms with Gasteiger partial charge in [0.2, 0.25) is 0 Å². The summed E-state index contributed by atoms with van der Waals surface area (Å²) in [5.74, 6) is 0. The first-order valence-corrected chi connectivity index (χ1v) is 3.56. The zero-order valence-corrected chi connectivity index (χ0v) is 6.27. The Balaban J connectivity index is 2.62. The van der Waals surface area contributed by atoms with Crippen LogP contribution in [0.3, 0.4) is 0 Å². The van der Waals surface area contributed by atoms with Crippen molar-refractivity contribution in [2.24, 2.45) is 5.73 Å². The maximum atomic E-state index is 8.61. The van der Waals surface area contributed by atoms with Gasteiger partial charge in [-0.25, -0.2) is 4.68 Å². The number of hydrogen-bond acceptors (Lipinski definition) is 4. The second-order valence-corrected chi connectivity index (χ2v) is 2.21. The van der Waals surface area contributed by atoms with Crippen molar-refractivity contribution < 1.29 is 5.11 Å². The average Bonchev–Trinajstić information content (AvgIpc) is 2.39. The molecule has 0 aliphatic carbocycles. The maximum absolute atomic E-state index is 8.61. The summed E-state index contributed by atoms with van der Waals surface area (Å²) in [7, 11) is 0. The van der Waals surface area contributed by atoms with Crippen molar-refractivity contribution in [3.05, 3.63) is 11.9 Å². The van der Waals surface area contributed by atoms with Gasteiger partial charge in [0.1, 0.15) is 0 Å². The van der Waals surface area contributed by atoms with Gasteiger partial charge in [0, 0.05) is 6.42 Å². The van der Waals surface area contributed by atoms with Crippen molar-refractivity contribution in [3.63, 3.8) is 0 Å². The Morgan fingerprint density at radius 2 is 2.45 bits per heavy atom. The first kappa shape index (κ1) is 8.16. The largest absolute Gasteiger partial charge is 0.394 e. The Hall–Kier alpha value is -0.940. The van der Waals surface area contributed by atoms with E-state index < -0.39 is 0 Å². The van der Waals surface area contributed by atoms with E-state index in [9.17, 15) is 0 Å². The van der Waals surface area contributed by atoms with Crippen molar-refractivity contribution in [1.82, 2.24) is 15.0 Å². The van der Waals surface area contributed by atoms with Crippen molar-refractivity contribution >= 4 is 0 Å². The van der Waals surface area contributed by atoms with E-state index >= 15 is 0 Å². The van der Waals surface area contributed by atoms with Gasteiger partial charge in [0.05, 0.1) is 25.0 Å². The molecule has 0 aliphatic rings. The molecule has 0 unspecified atom stereocenters. The van der Waals surface area contributed by atoms with Crippen molar-refractivity contribution in [2.75, 3.05) is 13.2 Å². The van der Waals surface area contributed by atoms with E-state index in [1.165, 1.54) is 0 Å². The summed E-state index contributed by atoms with van der Waals surface area (Å²) in [6.45, 7) is 1.16. The summed E-state index contributed by atoms with van der Waals surface area (Å²) in [5, 5.41) is 16.1. The summed E-state index contributed by atoms with van der Waals surface area (Å²) < 4.78 is 1.66. The minimum Gasteiger partial charge on any atom is -0.394 e. The van der Waals surface area contributed by atoms with Crippen LogP contribution in [-0.4, -0.2) is 33.3 Å². The molecule has 0 radical (unpaired) electrons. The van der Waals surface area contributed by atoms with Crippen LogP contribution in [0.4, 0.5) is 0 Å². The van der Waals surface area contributed by atoms with Gasteiger partial charge in [-0.2, -0.15) is 0 Å². The number of aliphatic hydroxyl groups excluding tert-OH is 1. The molecule has 0 saturated carbocycles. The van der Waals surface area contributed by atoms with Crippen LogP contribution in [0, 0.1) is 0 Å². The molecule has 0 bridgehead atoms. The molecule has 1 aromatic rings. The molecule has 5 heteroatoms. The SMILES string of the molecule is NCCc1cnnn1CCO. The van der Waals surface area contributed by atoms with Crippen LogP contribution in [0.2, 0.25) is 0 Å². The molecule has 1 rings (SSSR count). The highest BCUT2D eigenvalue weighted by Gasteiger charge is 2.00. The van der Waals surface area contributed by atoms with E-state index in [0.717, 1.165) is 12.1 Å². The molecule has 5 nitrogen and oxygen atoms in total. The topological polar surface area (TPSA) is 77.0 Å². The summed E-state index contributed by atoms with van der Waals surface area (Å²) >= 11 is 0. The molecule has 0 aliphatic heterocycles. The number of hydrogen-bond donors (Lipinski definition) is 2. The van der Waals surface area contributed by atoms with Gasteiger partial charge in [-0.1, -0.05) is 5.21 Å². The lowest BCUT2D eigenvalue weighted by atomic mass is 10.3. The van der Waals surface area contributed by atoms with Gasteiger partial charge in [-0.3, -0.25) is 0 Å². The Morgan fingerprint density at radius 1 is 1.64 bits per heavy atom. The van der Waals surface area contributed by atoms with Gasteiger partial charge in [0.15, 0.2) is 0 Å². The Labute approximate surface area is 64.8 Å². The lowest BCUT2D eigenvalue weighted by molar-refractivity contribution is 0.266. The van der Waals surface area contributed by atoms with Gasteiger partial charge in [-0.15, -0.1) is 5.10 Å². The summed E-state index contributed by atoms with van der Waals surface area (Å²) in [6.07, 6.45) is 2.43. The molecule has 1 heterocycles. The zero-order chi connectivity index (χ0) is 8.10. The molecular formula is C6H12N4O. The number of nitrogens with zero attached hydrogens (tertiary/aromatic N) is 3. The molecule has 0 spiro atoms. The Kier molecular flexibility index (Phi) is 3.00. The van der Waals surface area contributed by atoms with Crippen molar-refractivity contribution in [2.45, 2.75) is 13.0 Å². The third kappa shape index (κ3) is 1.99. The Morgan fingerprint density at radius 3 is 3.09 bits per heavy atom. The number of aromatic nitrogens is 3. The van der Waals surface area contributed by atoms with Crippen LogP contribution in [0.25, 0.3) is 0 Å². The first-order chi connectivity index (χ1) is 5.38. The number of aliphatic hydroxyl groups is 1. The van der Waals surface area contributed by atoms with E-state index in [1.807, 2.05) is 0 Å². The summed E-state index contributed by atoms with van der Waals surface area (Å²) in [5.41, 5.74) is 6.33. The van der Waals surface area contributed by atoms with Crippen LogP contribution in [0.1, 0.15) is 5.69 Å². The standard InChI is InChI=1S/C6H12N4O/c7-2-1-6-5-8-9-10(6)3-4-11/h5,11H,1-4,7H2. The molecule has 0 fully saturated rings. The van der Waals surface area contributed by atoms with Crippen LogP contribution in [-0.2, 0) is 13.0 Å². The van der Waals surface area contributed by atoms with E-state index in [0.29, 0.717) is 13.1 Å². The van der Waals surface area contributed by atoms with Crippen LogP contribution in [0.5, 0.6) is 0 Å². The third-order valence-electron chi connectivity index (χ3n) is 1.41. The smallest absolute Gasteiger partial charge is 0.0725 e. The fraction of sp³-hybridized carbons (Fsp3) is 0.667. The molecule has 3 N–H and O–H groups in total. The number of rotatable bonds is 4. The van der Waals surface area contributed by atoms with Crippen LogP contribution < -0.4 is 5.73 Å². The molecule has 11 heavy (non-hydrogen) atoms. The molecule has 62 valence electrons. The van der Waals surface area contributed by atoms with Crippen molar-refractivity contribution in [1.29, 1.82) is 0 Å². The summed E-state index contributed by atoms with van der Waals surface area (Å²) in [4.78, 5) is 0. The van der Waals surface area contributed by atoms with Gasteiger partial charge < -0.3 is 10.8 Å². The van der Waals surface area contributed by atoms with Crippen LogP contribution >= 0.6 is 0 Å². The van der Waals surface area contributed by atoms with E-state index in [2.05, 4.69) is 10.3 Å². The fourth-order valence-electron chi connectivity index (χ4n) is 0.903. The molecule has 0 amide bonds. The van der Waals surface area contributed by atoms with Crippen LogP contribution in [0.15, 0.2) is 6.20 Å². The monoisotopic (exact) mass is 156 g/mol. The predicted octanol–water partition coefficient (Wildman–Crippen LogP) is -1.23. The van der Waals surface area contributed by atoms with E-state index in [-0.39, 0.29) is 6.61 Å². The lowest BCUT2D eigenvalue weighted by Crippen LogP contribution is -2.12. The quantitative estimate of drug-likeness (QED) is 0.572. The number of nitrogens with two attached hydrogens (primary N) is 1. The molecular weight excluding hydrogens is 144 g/mol.